The fourth-order valence-electron chi connectivity index (χ4n) is 3.10. The Morgan fingerprint density at radius 1 is 0.969 bits per heavy atom. The van der Waals surface area contributed by atoms with E-state index in [-0.39, 0.29) is 16.3 Å². The van der Waals surface area contributed by atoms with E-state index in [4.69, 9.17) is 9.47 Å². The average Bonchev–Trinajstić information content (AvgIpc) is 2.67. The number of carbonyl (C=O) groups excluding carboxylic acids is 3. The molecule has 0 bridgehead atoms. The van der Waals surface area contributed by atoms with E-state index in [1.165, 1.54) is 38.4 Å². The van der Waals surface area contributed by atoms with Crippen LogP contribution in [-0.4, -0.2) is 61.1 Å². The fraction of sp³-hybridized carbons (Fsp3) is 0.409. The maximum absolute atomic E-state index is 13.7. The third-order valence-corrected chi connectivity index (χ3v) is 4.32. The first-order valence-electron chi connectivity index (χ1n) is 9.59. The smallest absolute Gasteiger partial charge is 0.420 e. The minimum absolute atomic E-state index is 0.0358. The number of halogens is 3. The van der Waals surface area contributed by atoms with Gasteiger partial charge in [-0.25, -0.2) is 9.69 Å². The number of hydrogen-bond donors (Lipinski definition) is 0. The Balaban J connectivity index is 2.62. The highest BCUT2D eigenvalue weighted by atomic mass is 19.4. The zero-order valence-electron chi connectivity index (χ0n) is 18.7. The van der Waals surface area contributed by atoms with Gasteiger partial charge >= 0.3 is 18.2 Å². The number of hydrogen-bond acceptors (Lipinski definition) is 5. The summed E-state index contributed by atoms with van der Waals surface area (Å²) in [5, 5.41) is -0.302. The second-order valence-corrected chi connectivity index (χ2v) is 8.20. The molecule has 0 aromatic heterocycles. The molecule has 174 valence electrons. The molecule has 3 amide bonds. The van der Waals surface area contributed by atoms with E-state index in [0.29, 0.717) is 4.90 Å². The molecule has 32 heavy (non-hydrogen) atoms. The van der Waals surface area contributed by atoms with E-state index in [0.717, 1.165) is 18.1 Å². The Morgan fingerprint density at radius 2 is 1.59 bits per heavy atom. The molecule has 0 atom stereocenters. The van der Waals surface area contributed by atoms with E-state index >= 15 is 0 Å². The van der Waals surface area contributed by atoms with Gasteiger partial charge < -0.3 is 14.4 Å². The van der Waals surface area contributed by atoms with Crippen molar-refractivity contribution in [3.8, 4) is 5.75 Å². The Hall–Kier alpha value is -3.30. The standard InChI is InChI=1S/C22H25F3N2O5/c1-21(2,3)32-17(28)12-27(20(30)26(4)5)19(29)15-9-7-8-14-13(15)10-11-16(31-6)18(14)22(23,24)25/h7-11H,12H2,1-6H3. The van der Waals surface area contributed by atoms with Crippen molar-refractivity contribution in [1.29, 1.82) is 0 Å². The third kappa shape index (κ3) is 5.49. The number of methoxy groups -OCH3 is 1. The predicted octanol–water partition coefficient (Wildman–Crippen LogP) is 4.33. The summed E-state index contributed by atoms with van der Waals surface area (Å²) in [6, 6.07) is 5.38. The van der Waals surface area contributed by atoms with Crippen LogP contribution in [0.1, 0.15) is 36.7 Å². The van der Waals surface area contributed by atoms with Gasteiger partial charge in [0, 0.05) is 19.7 Å². The summed E-state index contributed by atoms with van der Waals surface area (Å²) in [6.45, 7) is 4.18. The van der Waals surface area contributed by atoms with Crippen molar-refractivity contribution in [3.63, 3.8) is 0 Å². The number of esters is 1. The number of urea groups is 1. The van der Waals surface area contributed by atoms with Crippen LogP contribution in [0.5, 0.6) is 5.75 Å². The number of benzene rings is 2. The van der Waals surface area contributed by atoms with Crippen LogP contribution >= 0.6 is 0 Å². The zero-order valence-corrected chi connectivity index (χ0v) is 18.7. The molecular formula is C22H25F3N2O5. The topological polar surface area (TPSA) is 76.1 Å². The SMILES string of the molecule is COc1ccc2c(C(=O)N(CC(=O)OC(C)(C)C)C(=O)N(C)C)cccc2c1C(F)(F)F. The van der Waals surface area contributed by atoms with E-state index < -0.39 is 47.5 Å². The predicted molar refractivity (Wildman–Crippen MR) is 111 cm³/mol. The van der Waals surface area contributed by atoms with Crippen molar-refractivity contribution < 1.29 is 37.0 Å². The van der Waals surface area contributed by atoms with Gasteiger partial charge in [-0.2, -0.15) is 13.2 Å². The second kappa shape index (κ2) is 9.05. The number of carbonyl (C=O) groups is 3. The second-order valence-electron chi connectivity index (χ2n) is 8.20. The summed E-state index contributed by atoms with van der Waals surface area (Å²) in [4.78, 5) is 40.0. The molecule has 0 radical (unpaired) electrons. The largest absolute Gasteiger partial charge is 0.496 e. The highest BCUT2D eigenvalue weighted by Crippen LogP contribution is 2.42. The Kier molecular flexibility index (Phi) is 7.06. The average molecular weight is 454 g/mol. The van der Waals surface area contributed by atoms with Crippen LogP contribution in [0, 0.1) is 0 Å². The number of amides is 3. The summed E-state index contributed by atoms with van der Waals surface area (Å²) in [6.07, 6.45) is -4.75. The van der Waals surface area contributed by atoms with Gasteiger partial charge in [-0.1, -0.05) is 12.1 Å². The molecule has 2 aromatic carbocycles. The first kappa shape index (κ1) is 25.0. The molecule has 0 saturated heterocycles. The van der Waals surface area contributed by atoms with Gasteiger partial charge in [0.15, 0.2) is 0 Å². The molecule has 0 aliphatic heterocycles. The number of fused-ring (bicyclic) bond motifs is 1. The van der Waals surface area contributed by atoms with Crippen molar-refractivity contribution in [2.24, 2.45) is 0 Å². The van der Waals surface area contributed by atoms with Crippen molar-refractivity contribution in [3.05, 3.63) is 41.5 Å². The number of nitrogens with zero attached hydrogens (tertiary/aromatic N) is 2. The molecule has 10 heteroatoms. The van der Waals surface area contributed by atoms with Gasteiger partial charge in [-0.05, 0) is 49.7 Å². The summed E-state index contributed by atoms with van der Waals surface area (Å²) < 4.78 is 51.2. The van der Waals surface area contributed by atoms with Crippen molar-refractivity contribution in [2.75, 3.05) is 27.7 Å². The molecule has 2 rings (SSSR count). The molecule has 0 unspecified atom stereocenters. The Bertz CT molecular complexity index is 1040. The van der Waals surface area contributed by atoms with Crippen LogP contribution in [0.3, 0.4) is 0 Å². The number of alkyl halides is 3. The van der Waals surface area contributed by atoms with Gasteiger partial charge in [0.2, 0.25) is 0 Å². The lowest BCUT2D eigenvalue weighted by Crippen LogP contribution is -2.47. The van der Waals surface area contributed by atoms with Crippen LogP contribution in [0.4, 0.5) is 18.0 Å². The summed E-state index contributed by atoms with van der Waals surface area (Å²) >= 11 is 0. The van der Waals surface area contributed by atoms with Gasteiger partial charge in [0.05, 0.1) is 7.11 Å². The van der Waals surface area contributed by atoms with Crippen LogP contribution in [-0.2, 0) is 15.7 Å². The maximum atomic E-state index is 13.7. The zero-order chi connectivity index (χ0) is 24.4. The van der Waals surface area contributed by atoms with Gasteiger partial charge in [-0.3, -0.25) is 9.59 Å². The molecule has 0 aliphatic rings. The summed E-state index contributed by atoms with van der Waals surface area (Å²) in [7, 11) is 3.88. The van der Waals surface area contributed by atoms with Gasteiger partial charge in [0.25, 0.3) is 5.91 Å². The lowest BCUT2D eigenvalue weighted by molar-refractivity contribution is -0.155. The molecular weight excluding hydrogens is 429 g/mol. The third-order valence-electron chi connectivity index (χ3n) is 4.32. The highest BCUT2D eigenvalue weighted by molar-refractivity contribution is 6.13. The minimum Gasteiger partial charge on any atom is -0.496 e. The van der Waals surface area contributed by atoms with Crippen LogP contribution < -0.4 is 4.74 Å². The van der Waals surface area contributed by atoms with Crippen molar-refractivity contribution in [2.45, 2.75) is 32.5 Å². The van der Waals surface area contributed by atoms with Crippen molar-refractivity contribution in [1.82, 2.24) is 9.80 Å². The lowest BCUT2D eigenvalue weighted by Gasteiger charge is -2.26. The normalized spacial score (nSPS) is 11.8. The van der Waals surface area contributed by atoms with Gasteiger partial charge in [0.1, 0.15) is 23.5 Å². The van der Waals surface area contributed by atoms with Crippen molar-refractivity contribution >= 4 is 28.7 Å². The Morgan fingerprint density at radius 3 is 2.09 bits per heavy atom. The minimum atomic E-state index is -4.75. The molecule has 0 aliphatic carbocycles. The van der Waals surface area contributed by atoms with Gasteiger partial charge in [-0.15, -0.1) is 0 Å². The molecule has 7 nitrogen and oxygen atoms in total. The summed E-state index contributed by atoms with van der Waals surface area (Å²) in [5.74, 6) is -2.16. The molecule has 0 fully saturated rings. The molecule has 2 aromatic rings. The van der Waals surface area contributed by atoms with E-state index in [1.807, 2.05) is 0 Å². The molecule has 0 spiro atoms. The van der Waals surface area contributed by atoms with E-state index in [1.54, 1.807) is 20.8 Å². The lowest BCUT2D eigenvalue weighted by atomic mass is 9.98. The highest BCUT2D eigenvalue weighted by Gasteiger charge is 2.37. The van der Waals surface area contributed by atoms with E-state index in [2.05, 4.69) is 0 Å². The first-order chi connectivity index (χ1) is 14.7. The number of ether oxygens (including phenoxy) is 2. The number of imide groups is 1. The molecule has 0 heterocycles. The van der Waals surface area contributed by atoms with Crippen LogP contribution in [0.25, 0.3) is 10.8 Å². The van der Waals surface area contributed by atoms with E-state index in [9.17, 15) is 27.6 Å². The molecule has 0 N–H and O–H groups in total. The first-order valence-corrected chi connectivity index (χ1v) is 9.59. The quantitative estimate of drug-likeness (QED) is 0.643. The monoisotopic (exact) mass is 454 g/mol. The maximum Gasteiger partial charge on any atom is 0.420 e. The Labute approximate surface area is 183 Å². The van der Waals surface area contributed by atoms with Crippen LogP contribution in [0.2, 0.25) is 0 Å². The van der Waals surface area contributed by atoms with Crippen LogP contribution in [0.15, 0.2) is 30.3 Å². The number of rotatable bonds is 4. The molecule has 0 saturated carbocycles. The fourth-order valence-corrected chi connectivity index (χ4v) is 3.10. The summed E-state index contributed by atoms with van der Waals surface area (Å²) in [5.41, 5.74) is -2.07.